The molecule has 1 saturated heterocycles. The molecule has 0 saturated carbocycles. The van der Waals surface area contributed by atoms with Gasteiger partial charge >= 0.3 is 6.03 Å². The minimum absolute atomic E-state index is 0.242. The summed E-state index contributed by atoms with van der Waals surface area (Å²) >= 11 is 5.92. The van der Waals surface area contributed by atoms with Crippen molar-refractivity contribution < 1.29 is 22.4 Å². The molecule has 174 valence electrons. The summed E-state index contributed by atoms with van der Waals surface area (Å²) in [5.41, 5.74) is 2.48. The van der Waals surface area contributed by atoms with Crippen molar-refractivity contribution in [3.8, 4) is 11.3 Å². The fourth-order valence-corrected chi connectivity index (χ4v) is 4.87. The van der Waals surface area contributed by atoms with E-state index in [2.05, 4.69) is 10.3 Å². The maximum absolute atomic E-state index is 14.4. The lowest BCUT2D eigenvalue weighted by molar-refractivity contribution is 0.0941. The van der Waals surface area contributed by atoms with E-state index >= 15 is 0 Å². The minimum Gasteiger partial charge on any atom is -0.340 e. The number of rotatable bonds is 7. The van der Waals surface area contributed by atoms with E-state index in [1.165, 1.54) is 18.5 Å². The van der Waals surface area contributed by atoms with E-state index in [9.17, 15) is 22.4 Å². The van der Waals surface area contributed by atoms with Gasteiger partial charge in [-0.3, -0.25) is 10.2 Å². The number of hydrogen-bond acceptors (Lipinski definition) is 5. The van der Waals surface area contributed by atoms with Gasteiger partial charge in [0.15, 0.2) is 5.82 Å². The van der Waals surface area contributed by atoms with E-state index in [1.807, 2.05) is 10.3 Å². The number of urea groups is 1. The SMILES string of the molecule is CCNC(=O)N1CCC(CS(=O)(=O)NNC(=O)c2cc(-c3cn(C)cn3)cc(Cl)c2F)C1. The Kier molecular flexibility index (Phi) is 7.36. The molecule has 1 aromatic heterocycles. The predicted octanol–water partition coefficient (Wildman–Crippen LogP) is 1.50. The van der Waals surface area contributed by atoms with Gasteiger partial charge in [-0.05, 0) is 31.4 Å². The maximum Gasteiger partial charge on any atom is 0.317 e. The molecule has 0 spiro atoms. The monoisotopic (exact) mass is 486 g/mol. The number of aryl methyl sites for hydroxylation is 1. The molecule has 3 amide bonds. The Morgan fingerprint density at radius 2 is 2.09 bits per heavy atom. The summed E-state index contributed by atoms with van der Waals surface area (Å²) < 4.78 is 40.9. The number of carbonyl (C=O) groups is 2. The zero-order valence-corrected chi connectivity index (χ0v) is 19.1. The van der Waals surface area contributed by atoms with Crippen LogP contribution in [0, 0.1) is 11.7 Å². The van der Waals surface area contributed by atoms with Crippen molar-refractivity contribution in [3.63, 3.8) is 0 Å². The van der Waals surface area contributed by atoms with Crippen LogP contribution in [0.4, 0.5) is 9.18 Å². The summed E-state index contributed by atoms with van der Waals surface area (Å²) in [6.07, 6.45) is 3.72. The Bertz CT molecular complexity index is 1120. The topological polar surface area (TPSA) is 125 Å². The second kappa shape index (κ2) is 9.84. The van der Waals surface area contributed by atoms with Crippen LogP contribution < -0.4 is 15.6 Å². The molecule has 1 atom stereocenters. The van der Waals surface area contributed by atoms with Crippen LogP contribution in [0.25, 0.3) is 11.3 Å². The van der Waals surface area contributed by atoms with Gasteiger partial charge in [-0.15, -0.1) is 4.83 Å². The summed E-state index contributed by atoms with van der Waals surface area (Å²) in [5.74, 6) is -2.55. The van der Waals surface area contributed by atoms with Crippen LogP contribution in [-0.4, -0.2) is 60.2 Å². The van der Waals surface area contributed by atoms with Crippen LogP contribution in [0.1, 0.15) is 23.7 Å². The molecule has 3 N–H and O–H groups in total. The lowest BCUT2D eigenvalue weighted by atomic mass is 10.1. The van der Waals surface area contributed by atoms with Gasteiger partial charge in [-0.25, -0.2) is 22.6 Å². The van der Waals surface area contributed by atoms with Gasteiger partial charge in [0.05, 0.1) is 28.4 Å². The molecule has 2 heterocycles. The molecule has 0 aliphatic carbocycles. The highest BCUT2D eigenvalue weighted by Gasteiger charge is 2.30. The number of nitrogens with zero attached hydrogens (tertiary/aromatic N) is 3. The van der Waals surface area contributed by atoms with Crippen LogP contribution in [0.5, 0.6) is 0 Å². The van der Waals surface area contributed by atoms with Crippen LogP contribution >= 0.6 is 11.6 Å². The molecular weight excluding hydrogens is 463 g/mol. The summed E-state index contributed by atoms with van der Waals surface area (Å²) in [6, 6.07) is 2.34. The molecule has 1 aliphatic rings. The summed E-state index contributed by atoms with van der Waals surface area (Å²) in [5, 5.41) is 2.38. The van der Waals surface area contributed by atoms with Crippen LogP contribution in [0.15, 0.2) is 24.7 Å². The van der Waals surface area contributed by atoms with Crippen LogP contribution in [0.2, 0.25) is 5.02 Å². The molecule has 1 aliphatic heterocycles. The molecule has 1 fully saturated rings. The van der Waals surface area contributed by atoms with Crippen molar-refractivity contribution in [3.05, 3.63) is 41.1 Å². The zero-order chi connectivity index (χ0) is 23.5. The number of benzene rings is 1. The largest absolute Gasteiger partial charge is 0.340 e. The number of nitrogens with one attached hydrogen (secondary N) is 3. The third-order valence-electron chi connectivity index (χ3n) is 4.95. The van der Waals surface area contributed by atoms with Crippen molar-refractivity contribution in [2.24, 2.45) is 13.0 Å². The van der Waals surface area contributed by atoms with Gasteiger partial charge in [0.2, 0.25) is 10.0 Å². The van der Waals surface area contributed by atoms with E-state index in [-0.39, 0.29) is 29.3 Å². The molecule has 0 bridgehead atoms. The molecule has 3 rings (SSSR count). The van der Waals surface area contributed by atoms with Crippen LogP contribution in [0.3, 0.4) is 0 Å². The third kappa shape index (κ3) is 5.75. The standard InChI is InChI=1S/C19H24ClFN6O4S/c1-3-22-19(29)27-5-4-12(8-27)10-32(30,31)25-24-18(28)14-6-13(7-15(20)17(14)21)16-9-26(2)11-23-16/h6-7,9,11-12,25H,3-5,8,10H2,1-2H3,(H,22,29)(H,24,28). The number of hydrogen-bond donors (Lipinski definition) is 3. The molecular formula is C19H24ClFN6O4S. The maximum atomic E-state index is 14.4. The normalized spacial score (nSPS) is 16.2. The van der Waals surface area contributed by atoms with E-state index in [0.29, 0.717) is 30.8 Å². The van der Waals surface area contributed by atoms with Gasteiger partial charge in [0.1, 0.15) is 0 Å². The summed E-state index contributed by atoms with van der Waals surface area (Å²) in [6.45, 7) is 3.01. The number of sulfonamides is 1. The van der Waals surface area contributed by atoms with Gasteiger partial charge in [0, 0.05) is 38.4 Å². The Hall–Kier alpha value is -2.70. The first kappa shape index (κ1) is 24.0. The molecule has 13 heteroatoms. The van der Waals surface area contributed by atoms with Gasteiger partial charge in [0.25, 0.3) is 5.91 Å². The Morgan fingerprint density at radius 1 is 1.34 bits per heavy atom. The van der Waals surface area contributed by atoms with Gasteiger partial charge in [-0.2, -0.15) is 0 Å². The number of halogens is 2. The second-order valence-electron chi connectivity index (χ2n) is 7.52. The number of likely N-dealkylation sites (tertiary alicyclic amines) is 1. The average molecular weight is 487 g/mol. The first-order valence-corrected chi connectivity index (χ1v) is 11.9. The third-order valence-corrected chi connectivity index (χ3v) is 6.55. The number of carbonyl (C=O) groups excluding carboxylic acids is 2. The Labute approximate surface area is 190 Å². The zero-order valence-electron chi connectivity index (χ0n) is 17.6. The molecule has 32 heavy (non-hydrogen) atoms. The highest BCUT2D eigenvalue weighted by Crippen LogP contribution is 2.27. The predicted molar refractivity (Wildman–Crippen MR) is 117 cm³/mol. The van der Waals surface area contributed by atoms with Crippen molar-refractivity contribution >= 4 is 33.6 Å². The Balaban J connectivity index is 1.64. The van der Waals surface area contributed by atoms with Crippen molar-refractivity contribution in [1.29, 1.82) is 0 Å². The lowest BCUT2D eigenvalue weighted by Gasteiger charge is -2.17. The van der Waals surface area contributed by atoms with E-state index < -0.39 is 27.3 Å². The Morgan fingerprint density at radius 3 is 2.75 bits per heavy atom. The summed E-state index contributed by atoms with van der Waals surface area (Å²) in [4.78, 5) is 32.0. The van der Waals surface area contributed by atoms with Gasteiger partial charge < -0.3 is 14.8 Å². The van der Waals surface area contributed by atoms with Crippen molar-refractivity contribution in [2.75, 3.05) is 25.4 Å². The minimum atomic E-state index is -3.92. The second-order valence-corrected chi connectivity index (χ2v) is 9.69. The first-order chi connectivity index (χ1) is 15.1. The van der Waals surface area contributed by atoms with E-state index in [1.54, 1.807) is 29.6 Å². The fourth-order valence-electron chi connectivity index (χ4n) is 3.42. The number of amides is 3. The number of aromatic nitrogens is 2. The fraction of sp³-hybridized carbons (Fsp3) is 0.421. The molecule has 0 radical (unpaired) electrons. The summed E-state index contributed by atoms with van der Waals surface area (Å²) in [7, 11) is -2.17. The van der Waals surface area contributed by atoms with E-state index in [4.69, 9.17) is 11.6 Å². The number of hydrazine groups is 1. The van der Waals surface area contributed by atoms with Crippen LogP contribution in [-0.2, 0) is 17.1 Å². The quantitative estimate of drug-likeness (QED) is 0.511. The average Bonchev–Trinajstić information content (AvgIpc) is 3.37. The van der Waals surface area contributed by atoms with Crippen molar-refractivity contribution in [1.82, 2.24) is 30.0 Å². The lowest BCUT2D eigenvalue weighted by Crippen LogP contribution is -2.44. The first-order valence-electron chi connectivity index (χ1n) is 9.89. The molecule has 10 nitrogen and oxygen atoms in total. The molecule has 2 aromatic rings. The highest BCUT2D eigenvalue weighted by molar-refractivity contribution is 7.89. The molecule has 1 aromatic carbocycles. The van der Waals surface area contributed by atoms with Crippen molar-refractivity contribution in [2.45, 2.75) is 13.3 Å². The highest BCUT2D eigenvalue weighted by atomic mass is 35.5. The van der Waals surface area contributed by atoms with Gasteiger partial charge in [-0.1, -0.05) is 11.6 Å². The molecule has 1 unspecified atom stereocenters. The van der Waals surface area contributed by atoms with E-state index in [0.717, 1.165) is 0 Å². The number of imidazole rings is 1. The smallest absolute Gasteiger partial charge is 0.317 e.